The van der Waals surface area contributed by atoms with Crippen molar-refractivity contribution in [1.82, 2.24) is 14.4 Å². The molecule has 0 atom stereocenters. The molecule has 1 aromatic carbocycles. The van der Waals surface area contributed by atoms with Gasteiger partial charge in [-0.3, -0.25) is 4.40 Å². The molecule has 0 fully saturated rings. The zero-order valence-corrected chi connectivity index (χ0v) is 12.4. The van der Waals surface area contributed by atoms with Crippen LogP contribution in [-0.2, 0) is 6.18 Å². The molecule has 0 amide bonds. The van der Waals surface area contributed by atoms with E-state index in [4.69, 9.17) is 0 Å². The lowest BCUT2D eigenvalue weighted by Crippen LogP contribution is -2.04. The lowest BCUT2D eigenvalue weighted by atomic mass is 10.1. The molecule has 114 valence electrons. The van der Waals surface area contributed by atoms with Gasteiger partial charge in [0.15, 0.2) is 5.69 Å². The average molecular weight is 323 g/mol. The molecule has 0 unspecified atom stereocenters. The number of thioether (sulfide) groups is 1. The molecule has 3 rings (SSSR count). The molecule has 0 spiro atoms. The van der Waals surface area contributed by atoms with Crippen molar-refractivity contribution >= 4 is 17.5 Å². The minimum absolute atomic E-state index is 0.0386. The molecule has 0 radical (unpaired) electrons. The van der Waals surface area contributed by atoms with Crippen molar-refractivity contribution in [1.29, 1.82) is 0 Å². The Bertz CT molecular complexity index is 811. The van der Waals surface area contributed by atoms with Crippen molar-refractivity contribution in [2.45, 2.75) is 18.0 Å². The molecule has 7 heteroatoms. The van der Waals surface area contributed by atoms with Crippen LogP contribution in [0.25, 0.3) is 16.9 Å². The number of imidazole rings is 1. The lowest BCUT2D eigenvalue weighted by Gasteiger charge is -2.08. The minimum Gasteiger partial charge on any atom is -0.290 e. The van der Waals surface area contributed by atoms with E-state index in [9.17, 15) is 13.2 Å². The van der Waals surface area contributed by atoms with E-state index in [0.717, 1.165) is 28.0 Å². The van der Waals surface area contributed by atoms with Crippen LogP contribution in [0.3, 0.4) is 0 Å². The van der Waals surface area contributed by atoms with Gasteiger partial charge < -0.3 is 0 Å². The minimum atomic E-state index is -4.47. The maximum atomic E-state index is 12.7. The highest BCUT2D eigenvalue weighted by Crippen LogP contribution is 2.32. The largest absolute Gasteiger partial charge is 0.434 e. The number of hydrogen-bond acceptors (Lipinski definition) is 3. The summed E-state index contributed by atoms with van der Waals surface area (Å²) in [6.45, 7) is 2.05. The van der Waals surface area contributed by atoms with E-state index in [1.54, 1.807) is 24.2 Å². The van der Waals surface area contributed by atoms with Gasteiger partial charge in [-0.05, 0) is 17.4 Å². The molecule has 0 bridgehead atoms. The van der Waals surface area contributed by atoms with Gasteiger partial charge in [-0.15, -0.1) is 11.8 Å². The number of benzene rings is 1. The molecule has 0 aliphatic heterocycles. The first-order valence-corrected chi connectivity index (χ1v) is 7.61. The molecule has 2 aromatic heterocycles. The molecule has 0 aliphatic carbocycles. The Morgan fingerprint density at radius 3 is 2.68 bits per heavy atom. The smallest absolute Gasteiger partial charge is 0.290 e. The molecule has 3 aromatic rings. The maximum absolute atomic E-state index is 12.7. The Morgan fingerprint density at radius 2 is 1.95 bits per heavy atom. The highest BCUT2D eigenvalue weighted by Gasteiger charge is 2.34. The second kappa shape index (κ2) is 5.64. The Hall–Kier alpha value is -2.02. The van der Waals surface area contributed by atoms with Gasteiger partial charge in [0.25, 0.3) is 0 Å². The second-order valence-corrected chi connectivity index (χ2v) is 5.91. The average Bonchev–Trinajstić information content (AvgIpc) is 2.91. The van der Waals surface area contributed by atoms with Crippen LogP contribution in [0.15, 0.2) is 47.8 Å². The van der Waals surface area contributed by atoms with Gasteiger partial charge in [-0.25, -0.2) is 9.97 Å². The molecule has 0 saturated carbocycles. The molecule has 0 aliphatic rings. The number of fused-ring (bicyclic) bond motifs is 1. The van der Waals surface area contributed by atoms with Crippen LogP contribution in [0.1, 0.15) is 12.6 Å². The number of aromatic nitrogens is 3. The fourth-order valence-electron chi connectivity index (χ4n) is 2.15. The number of hydrogen-bond donors (Lipinski definition) is 0. The SMILES string of the molecule is CCSc1ccccc1-c1cnc2nc(C(F)(F)F)cn2c1. The summed E-state index contributed by atoms with van der Waals surface area (Å²) in [7, 11) is 0. The third-order valence-electron chi connectivity index (χ3n) is 3.10. The van der Waals surface area contributed by atoms with Gasteiger partial charge in [-0.1, -0.05) is 25.1 Å². The van der Waals surface area contributed by atoms with E-state index >= 15 is 0 Å². The summed E-state index contributed by atoms with van der Waals surface area (Å²) >= 11 is 1.68. The highest BCUT2D eigenvalue weighted by atomic mass is 32.2. The van der Waals surface area contributed by atoms with Crippen LogP contribution >= 0.6 is 11.8 Å². The summed E-state index contributed by atoms with van der Waals surface area (Å²) in [5.74, 6) is 0.951. The van der Waals surface area contributed by atoms with E-state index in [1.165, 1.54) is 4.40 Å². The summed E-state index contributed by atoms with van der Waals surface area (Å²) in [4.78, 5) is 8.61. The van der Waals surface area contributed by atoms with Crippen molar-refractivity contribution in [2.75, 3.05) is 5.75 Å². The molecule has 3 nitrogen and oxygen atoms in total. The lowest BCUT2D eigenvalue weighted by molar-refractivity contribution is -0.140. The summed E-state index contributed by atoms with van der Waals surface area (Å²) in [6, 6.07) is 7.76. The zero-order valence-electron chi connectivity index (χ0n) is 11.6. The summed E-state index contributed by atoms with van der Waals surface area (Å²) < 4.78 is 39.4. The van der Waals surface area contributed by atoms with Gasteiger partial charge >= 0.3 is 6.18 Å². The summed E-state index contributed by atoms with van der Waals surface area (Å²) in [5.41, 5.74) is 0.773. The van der Waals surface area contributed by atoms with Gasteiger partial charge in [-0.2, -0.15) is 13.2 Å². The molecular weight excluding hydrogens is 311 g/mol. The predicted molar refractivity (Wildman–Crippen MR) is 79.8 cm³/mol. The Balaban J connectivity index is 2.09. The second-order valence-electron chi connectivity index (χ2n) is 4.60. The van der Waals surface area contributed by atoms with Gasteiger partial charge in [0.2, 0.25) is 5.78 Å². The molecule has 0 saturated heterocycles. The van der Waals surface area contributed by atoms with E-state index in [2.05, 4.69) is 9.97 Å². The molecule has 22 heavy (non-hydrogen) atoms. The van der Waals surface area contributed by atoms with Crippen molar-refractivity contribution < 1.29 is 13.2 Å². The first kappa shape index (κ1) is 14.9. The first-order chi connectivity index (χ1) is 10.5. The predicted octanol–water partition coefficient (Wildman–Crippen LogP) is 4.53. The Labute approximate surface area is 129 Å². The zero-order chi connectivity index (χ0) is 15.7. The number of nitrogens with zero attached hydrogens (tertiary/aromatic N) is 3. The molecule has 2 heterocycles. The highest BCUT2D eigenvalue weighted by molar-refractivity contribution is 7.99. The standard InChI is InChI=1S/C15H12F3N3S/c1-2-22-12-6-4-3-5-11(12)10-7-19-14-20-13(15(16,17)18)9-21(14)8-10/h3-9H,2H2,1H3. The van der Waals surface area contributed by atoms with Crippen LogP contribution < -0.4 is 0 Å². The van der Waals surface area contributed by atoms with Crippen molar-refractivity contribution in [3.8, 4) is 11.1 Å². The van der Waals surface area contributed by atoms with Gasteiger partial charge in [0, 0.05) is 29.0 Å². The summed E-state index contributed by atoms with van der Waals surface area (Å²) in [5, 5.41) is 0. The maximum Gasteiger partial charge on any atom is 0.434 e. The number of rotatable bonds is 3. The van der Waals surface area contributed by atoms with Crippen LogP contribution in [0.2, 0.25) is 0 Å². The Kier molecular flexibility index (Phi) is 3.82. The van der Waals surface area contributed by atoms with Crippen molar-refractivity contribution in [3.63, 3.8) is 0 Å². The van der Waals surface area contributed by atoms with E-state index in [0.29, 0.717) is 0 Å². The number of alkyl halides is 3. The van der Waals surface area contributed by atoms with E-state index in [1.807, 2.05) is 31.2 Å². The first-order valence-electron chi connectivity index (χ1n) is 6.63. The third kappa shape index (κ3) is 2.81. The van der Waals surface area contributed by atoms with Gasteiger partial charge in [0.1, 0.15) is 0 Å². The van der Waals surface area contributed by atoms with Crippen LogP contribution in [-0.4, -0.2) is 20.1 Å². The van der Waals surface area contributed by atoms with Crippen molar-refractivity contribution in [2.24, 2.45) is 0 Å². The molecular formula is C15H12F3N3S. The third-order valence-corrected chi connectivity index (χ3v) is 4.05. The van der Waals surface area contributed by atoms with Crippen LogP contribution in [0, 0.1) is 0 Å². The topological polar surface area (TPSA) is 30.2 Å². The van der Waals surface area contributed by atoms with Crippen LogP contribution in [0.5, 0.6) is 0 Å². The monoisotopic (exact) mass is 323 g/mol. The van der Waals surface area contributed by atoms with E-state index in [-0.39, 0.29) is 5.78 Å². The Morgan fingerprint density at radius 1 is 1.18 bits per heavy atom. The van der Waals surface area contributed by atoms with Crippen molar-refractivity contribution in [3.05, 3.63) is 48.5 Å². The van der Waals surface area contributed by atoms with Gasteiger partial charge in [0.05, 0.1) is 0 Å². The van der Waals surface area contributed by atoms with E-state index < -0.39 is 11.9 Å². The normalized spacial score (nSPS) is 12.0. The number of halogens is 3. The van der Waals surface area contributed by atoms with Crippen LogP contribution in [0.4, 0.5) is 13.2 Å². The quantitative estimate of drug-likeness (QED) is 0.664. The molecule has 0 N–H and O–H groups in total. The fraction of sp³-hybridized carbons (Fsp3) is 0.200. The summed E-state index contributed by atoms with van der Waals surface area (Å²) in [6.07, 6.45) is -0.331. The fourth-order valence-corrected chi connectivity index (χ4v) is 2.97.